The Bertz CT molecular complexity index is 55.5. The van der Waals surface area contributed by atoms with Crippen molar-refractivity contribution in [1.29, 1.82) is 0 Å². The molecule has 0 radical (unpaired) electrons. The van der Waals surface area contributed by atoms with Gasteiger partial charge in [0.05, 0.1) is 6.67 Å². The monoisotopic (exact) mass is 163 g/mol. The van der Waals surface area contributed by atoms with Gasteiger partial charge in [-0.2, -0.15) is 0 Å². The third-order valence-electron chi connectivity index (χ3n) is 1.04. The second-order valence-electron chi connectivity index (χ2n) is 2.64. The molecule has 0 spiro atoms. The molecule has 0 heterocycles. The molecule has 1 nitrogen and oxygen atoms in total. The minimum absolute atomic E-state index is 0.203. The van der Waals surface area contributed by atoms with Crippen LogP contribution in [-0.4, -0.2) is 19.8 Å². The maximum absolute atomic E-state index is 11.5. The van der Waals surface area contributed by atoms with E-state index in [1.54, 1.807) is 0 Å². The molecule has 0 saturated carbocycles. The fourth-order valence-corrected chi connectivity index (χ4v) is 0.583. The SMILES string of the molecule is CC.CC(C)CNCCCF. The highest BCUT2D eigenvalue weighted by atomic mass is 19.1. The number of halogens is 1. The molecule has 0 unspecified atom stereocenters. The minimum atomic E-state index is -0.203. The van der Waals surface area contributed by atoms with Gasteiger partial charge in [0.25, 0.3) is 0 Å². The smallest absolute Gasteiger partial charge is 0.0906 e. The summed E-state index contributed by atoms with van der Waals surface area (Å²) in [5, 5.41) is 3.15. The Hall–Kier alpha value is -0.110. The van der Waals surface area contributed by atoms with Crippen molar-refractivity contribution in [2.45, 2.75) is 34.1 Å². The third kappa shape index (κ3) is 17.7. The van der Waals surface area contributed by atoms with Crippen LogP contribution in [0.3, 0.4) is 0 Å². The van der Waals surface area contributed by atoms with Crippen molar-refractivity contribution in [1.82, 2.24) is 5.32 Å². The van der Waals surface area contributed by atoms with Crippen LogP contribution in [0, 0.1) is 5.92 Å². The molecule has 0 amide bonds. The van der Waals surface area contributed by atoms with Gasteiger partial charge in [-0.05, 0) is 25.4 Å². The molecule has 0 aromatic carbocycles. The van der Waals surface area contributed by atoms with Crippen molar-refractivity contribution >= 4 is 0 Å². The van der Waals surface area contributed by atoms with Crippen LogP contribution < -0.4 is 5.32 Å². The molecule has 0 aliphatic rings. The molecular weight excluding hydrogens is 141 g/mol. The summed E-state index contributed by atoms with van der Waals surface area (Å²) in [7, 11) is 0. The first-order valence-corrected chi connectivity index (χ1v) is 4.54. The van der Waals surface area contributed by atoms with Crippen molar-refractivity contribution in [3.63, 3.8) is 0 Å². The maximum Gasteiger partial charge on any atom is 0.0906 e. The zero-order valence-electron chi connectivity index (χ0n) is 8.28. The molecule has 0 aliphatic heterocycles. The van der Waals surface area contributed by atoms with E-state index >= 15 is 0 Å². The average molecular weight is 163 g/mol. The summed E-state index contributed by atoms with van der Waals surface area (Å²) in [4.78, 5) is 0. The Morgan fingerprint density at radius 3 is 2.18 bits per heavy atom. The lowest BCUT2D eigenvalue weighted by atomic mass is 10.2. The summed E-state index contributed by atoms with van der Waals surface area (Å²) in [6.07, 6.45) is 0.646. The standard InChI is InChI=1S/C7H16FN.C2H6/c1-7(2)6-9-5-3-4-8;1-2/h7,9H,3-6H2,1-2H3;1-2H3. The van der Waals surface area contributed by atoms with Crippen LogP contribution in [-0.2, 0) is 0 Å². The highest BCUT2D eigenvalue weighted by Crippen LogP contribution is 1.86. The zero-order valence-corrected chi connectivity index (χ0v) is 8.28. The van der Waals surface area contributed by atoms with Crippen LogP contribution in [0.1, 0.15) is 34.1 Å². The van der Waals surface area contributed by atoms with Crippen molar-refractivity contribution in [2.75, 3.05) is 19.8 Å². The summed E-state index contributed by atoms with van der Waals surface area (Å²) < 4.78 is 11.5. The molecule has 0 rings (SSSR count). The topological polar surface area (TPSA) is 12.0 Å². The average Bonchev–Trinajstić information content (AvgIpc) is 2.02. The van der Waals surface area contributed by atoms with E-state index in [1.807, 2.05) is 13.8 Å². The Morgan fingerprint density at radius 1 is 1.27 bits per heavy atom. The van der Waals surface area contributed by atoms with Crippen LogP contribution in [0.15, 0.2) is 0 Å². The van der Waals surface area contributed by atoms with E-state index in [-0.39, 0.29) is 6.67 Å². The van der Waals surface area contributed by atoms with Crippen LogP contribution in [0.4, 0.5) is 4.39 Å². The molecule has 0 saturated heterocycles. The predicted octanol–water partition coefficient (Wildman–Crippen LogP) is 2.62. The second kappa shape index (κ2) is 12.6. The molecule has 1 N–H and O–H groups in total. The first-order chi connectivity index (χ1) is 5.27. The van der Waals surface area contributed by atoms with Crippen LogP contribution >= 0.6 is 0 Å². The van der Waals surface area contributed by atoms with E-state index in [2.05, 4.69) is 19.2 Å². The molecule has 0 atom stereocenters. The summed E-state index contributed by atoms with van der Waals surface area (Å²) in [5.41, 5.74) is 0. The lowest BCUT2D eigenvalue weighted by molar-refractivity contribution is 0.449. The first-order valence-electron chi connectivity index (χ1n) is 4.54. The minimum Gasteiger partial charge on any atom is -0.316 e. The van der Waals surface area contributed by atoms with Crippen molar-refractivity contribution in [3.05, 3.63) is 0 Å². The van der Waals surface area contributed by atoms with E-state index in [4.69, 9.17) is 0 Å². The summed E-state index contributed by atoms with van der Waals surface area (Å²) in [6, 6.07) is 0. The highest BCUT2D eigenvalue weighted by molar-refractivity contribution is 4.49. The van der Waals surface area contributed by atoms with Gasteiger partial charge in [0, 0.05) is 0 Å². The zero-order chi connectivity index (χ0) is 9.11. The van der Waals surface area contributed by atoms with Gasteiger partial charge in [-0.25, -0.2) is 0 Å². The van der Waals surface area contributed by atoms with Gasteiger partial charge in [-0.3, -0.25) is 4.39 Å². The summed E-state index contributed by atoms with van der Waals surface area (Å²) in [6.45, 7) is 9.89. The van der Waals surface area contributed by atoms with Gasteiger partial charge in [-0.15, -0.1) is 0 Å². The molecule has 0 fully saturated rings. The van der Waals surface area contributed by atoms with Gasteiger partial charge in [0.15, 0.2) is 0 Å². The highest BCUT2D eigenvalue weighted by Gasteiger charge is 1.90. The van der Waals surface area contributed by atoms with E-state index in [0.717, 1.165) is 13.1 Å². The van der Waals surface area contributed by atoms with E-state index in [9.17, 15) is 4.39 Å². The summed E-state index contributed by atoms with van der Waals surface area (Å²) >= 11 is 0. The van der Waals surface area contributed by atoms with Crippen LogP contribution in [0.5, 0.6) is 0 Å². The van der Waals surface area contributed by atoms with Crippen molar-refractivity contribution < 1.29 is 4.39 Å². The Labute approximate surface area is 70.4 Å². The second-order valence-corrected chi connectivity index (χ2v) is 2.64. The number of hydrogen-bond acceptors (Lipinski definition) is 1. The lowest BCUT2D eigenvalue weighted by Crippen LogP contribution is -2.20. The van der Waals surface area contributed by atoms with Crippen molar-refractivity contribution in [3.8, 4) is 0 Å². The Morgan fingerprint density at radius 2 is 1.82 bits per heavy atom. The van der Waals surface area contributed by atoms with Crippen LogP contribution in [0.25, 0.3) is 0 Å². The third-order valence-corrected chi connectivity index (χ3v) is 1.04. The van der Waals surface area contributed by atoms with Crippen LogP contribution in [0.2, 0.25) is 0 Å². The van der Waals surface area contributed by atoms with E-state index in [1.165, 1.54) is 0 Å². The molecule has 70 valence electrons. The maximum atomic E-state index is 11.5. The van der Waals surface area contributed by atoms with Gasteiger partial charge in [-0.1, -0.05) is 27.7 Å². The van der Waals surface area contributed by atoms with E-state index in [0.29, 0.717) is 12.3 Å². The molecule has 0 aromatic heterocycles. The van der Waals surface area contributed by atoms with Crippen molar-refractivity contribution in [2.24, 2.45) is 5.92 Å². The number of nitrogens with one attached hydrogen (secondary N) is 1. The fourth-order valence-electron chi connectivity index (χ4n) is 0.583. The quantitative estimate of drug-likeness (QED) is 0.614. The number of hydrogen-bond donors (Lipinski definition) is 1. The number of alkyl halides is 1. The van der Waals surface area contributed by atoms with Gasteiger partial charge < -0.3 is 5.32 Å². The Kier molecular flexibility index (Phi) is 15.4. The number of rotatable bonds is 5. The van der Waals surface area contributed by atoms with Gasteiger partial charge in [0.1, 0.15) is 0 Å². The van der Waals surface area contributed by atoms with Gasteiger partial charge in [0.2, 0.25) is 0 Å². The largest absolute Gasteiger partial charge is 0.316 e. The molecular formula is C9H22FN. The lowest BCUT2D eigenvalue weighted by Gasteiger charge is -2.04. The van der Waals surface area contributed by atoms with Gasteiger partial charge >= 0.3 is 0 Å². The Balaban J connectivity index is 0. The molecule has 11 heavy (non-hydrogen) atoms. The predicted molar refractivity (Wildman–Crippen MR) is 49.6 cm³/mol. The normalized spacial score (nSPS) is 9.27. The molecule has 0 aliphatic carbocycles. The van der Waals surface area contributed by atoms with E-state index < -0.39 is 0 Å². The fraction of sp³-hybridized carbons (Fsp3) is 1.00. The summed E-state index contributed by atoms with van der Waals surface area (Å²) in [5.74, 6) is 0.671. The molecule has 0 aromatic rings. The molecule has 2 heteroatoms. The first kappa shape index (κ1) is 13.5. The molecule has 0 bridgehead atoms.